The third-order valence-corrected chi connectivity index (χ3v) is 6.35. The lowest BCUT2D eigenvalue weighted by Gasteiger charge is -2.38. The number of aromatic nitrogens is 1. The van der Waals surface area contributed by atoms with E-state index in [1.54, 1.807) is 7.11 Å². The van der Waals surface area contributed by atoms with Gasteiger partial charge in [0.2, 0.25) is 0 Å². The van der Waals surface area contributed by atoms with Crippen molar-refractivity contribution in [3.63, 3.8) is 0 Å². The van der Waals surface area contributed by atoms with E-state index in [0.29, 0.717) is 6.54 Å². The van der Waals surface area contributed by atoms with Crippen LogP contribution in [0, 0.1) is 6.92 Å². The number of rotatable bonds is 5. The minimum atomic E-state index is 0.120. The van der Waals surface area contributed by atoms with Crippen molar-refractivity contribution < 1.29 is 9.53 Å². The summed E-state index contributed by atoms with van der Waals surface area (Å²) in [5.41, 5.74) is 4.53. The van der Waals surface area contributed by atoms with Gasteiger partial charge in [0.15, 0.2) is 0 Å². The number of ether oxygens (including phenoxy) is 1. The Morgan fingerprint density at radius 3 is 2.50 bits per heavy atom. The predicted molar refractivity (Wildman–Crippen MR) is 117 cm³/mol. The molecule has 1 aromatic heterocycles. The molecule has 5 nitrogen and oxygen atoms in total. The molecule has 1 saturated heterocycles. The number of fused-ring (bicyclic) bond motifs is 3. The molecule has 0 bridgehead atoms. The Labute approximate surface area is 177 Å². The van der Waals surface area contributed by atoms with Crippen molar-refractivity contribution in [2.75, 3.05) is 20.2 Å². The number of nitrogens with zero attached hydrogens (tertiary/aromatic N) is 3. The van der Waals surface area contributed by atoms with Gasteiger partial charge in [-0.1, -0.05) is 42.0 Å². The van der Waals surface area contributed by atoms with E-state index >= 15 is 0 Å². The van der Waals surface area contributed by atoms with Gasteiger partial charge in [-0.2, -0.15) is 0 Å². The molecule has 3 heterocycles. The molecule has 2 aliphatic rings. The molecule has 2 aromatic carbocycles. The topological polar surface area (TPSA) is 37.7 Å². The summed E-state index contributed by atoms with van der Waals surface area (Å²) in [5, 5.41) is 0. The van der Waals surface area contributed by atoms with Crippen molar-refractivity contribution in [3.05, 3.63) is 89.2 Å². The standard InChI is InChI=1S/C25H27N3O2/c1-18-5-3-6-20(13-18)14-26-16-23-24(17-26)28(25(29)22-7-4-12-27(22)23)15-19-8-10-21(30-2)11-9-19/h3-13,23-24H,14-17H2,1-2H3. The highest BCUT2D eigenvalue weighted by atomic mass is 16.5. The number of benzene rings is 2. The molecule has 0 aliphatic carbocycles. The summed E-state index contributed by atoms with van der Waals surface area (Å²) < 4.78 is 7.46. The van der Waals surface area contributed by atoms with E-state index < -0.39 is 0 Å². The summed E-state index contributed by atoms with van der Waals surface area (Å²) in [6.45, 7) is 5.50. The molecule has 5 rings (SSSR count). The van der Waals surface area contributed by atoms with Crippen LogP contribution in [0.3, 0.4) is 0 Å². The highest BCUT2D eigenvalue weighted by molar-refractivity contribution is 5.94. The van der Waals surface area contributed by atoms with Crippen LogP contribution < -0.4 is 4.74 Å². The monoisotopic (exact) mass is 401 g/mol. The molecule has 2 atom stereocenters. The van der Waals surface area contributed by atoms with Crippen LogP contribution in [0.5, 0.6) is 5.75 Å². The summed E-state index contributed by atoms with van der Waals surface area (Å²) >= 11 is 0. The van der Waals surface area contributed by atoms with Gasteiger partial charge in [-0.05, 0) is 42.3 Å². The molecule has 2 aliphatic heterocycles. The smallest absolute Gasteiger partial charge is 0.271 e. The Morgan fingerprint density at radius 1 is 0.933 bits per heavy atom. The lowest BCUT2D eigenvalue weighted by molar-refractivity contribution is 0.0556. The first kappa shape index (κ1) is 18.9. The second-order valence-corrected chi connectivity index (χ2v) is 8.40. The molecule has 30 heavy (non-hydrogen) atoms. The summed E-state index contributed by atoms with van der Waals surface area (Å²) in [6.07, 6.45) is 2.06. The number of hydrogen-bond donors (Lipinski definition) is 0. The SMILES string of the molecule is COc1ccc(CN2C(=O)c3cccn3C3CN(Cc4cccc(C)c4)CC32)cc1. The van der Waals surface area contributed by atoms with Crippen molar-refractivity contribution in [2.24, 2.45) is 0 Å². The van der Waals surface area contributed by atoms with Crippen molar-refractivity contribution >= 4 is 5.91 Å². The summed E-state index contributed by atoms with van der Waals surface area (Å²) in [7, 11) is 1.67. The van der Waals surface area contributed by atoms with Crippen molar-refractivity contribution in [1.29, 1.82) is 0 Å². The molecular weight excluding hydrogens is 374 g/mol. The summed E-state index contributed by atoms with van der Waals surface area (Å²) in [4.78, 5) is 17.9. The van der Waals surface area contributed by atoms with E-state index in [4.69, 9.17) is 4.74 Å². The zero-order valence-corrected chi connectivity index (χ0v) is 17.5. The predicted octanol–water partition coefficient (Wildman–Crippen LogP) is 3.89. The highest BCUT2D eigenvalue weighted by Gasteiger charge is 2.44. The first-order chi connectivity index (χ1) is 14.6. The van der Waals surface area contributed by atoms with Crippen LogP contribution in [-0.4, -0.2) is 46.5 Å². The largest absolute Gasteiger partial charge is 0.497 e. The van der Waals surface area contributed by atoms with E-state index in [-0.39, 0.29) is 18.0 Å². The van der Waals surface area contributed by atoms with Crippen molar-refractivity contribution in [2.45, 2.75) is 32.1 Å². The number of methoxy groups -OCH3 is 1. The molecule has 1 fully saturated rings. The van der Waals surface area contributed by atoms with Gasteiger partial charge in [-0.3, -0.25) is 9.69 Å². The summed E-state index contributed by atoms with van der Waals surface area (Å²) in [5.74, 6) is 0.954. The van der Waals surface area contributed by atoms with Gasteiger partial charge >= 0.3 is 0 Å². The normalized spacial score (nSPS) is 20.9. The number of aryl methyl sites for hydroxylation is 1. The number of carbonyl (C=O) groups is 1. The second-order valence-electron chi connectivity index (χ2n) is 8.40. The third-order valence-electron chi connectivity index (χ3n) is 6.35. The molecule has 3 aromatic rings. The molecule has 1 amide bonds. The lowest BCUT2D eigenvalue weighted by atomic mass is 10.0. The van der Waals surface area contributed by atoms with Gasteiger partial charge in [0, 0.05) is 32.4 Å². The quantitative estimate of drug-likeness (QED) is 0.651. The van der Waals surface area contributed by atoms with E-state index in [1.165, 1.54) is 11.1 Å². The Hall–Kier alpha value is -3.05. The first-order valence-corrected chi connectivity index (χ1v) is 10.5. The van der Waals surface area contributed by atoms with Gasteiger partial charge in [0.1, 0.15) is 11.4 Å². The van der Waals surface area contributed by atoms with Crippen LogP contribution >= 0.6 is 0 Å². The number of likely N-dealkylation sites (tertiary alicyclic amines) is 1. The molecule has 154 valence electrons. The molecule has 5 heteroatoms. The molecule has 2 unspecified atom stereocenters. The molecular formula is C25H27N3O2. The average Bonchev–Trinajstić information content (AvgIpc) is 3.39. The zero-order chi connectivity index (χ0) is 20.7. The Balaban J connectivity index is 1.41. The minimum absolute atomic E-state index is 0.120. The van der Waals surface area contributed by atoms with Crippen LogP contribution in [0.2, 0.25) is 0 Å². The van der Waals surface area contributed by atoms with Crippen LogP contribution in [-0.2, 0) is 13.1 Å². The fourth-order valence-corrected chi connectivity index (χ4v) is 4.90. The maximum atomic E-state index is 13.3. The van der Waals surface area contributed by atoms with E-state index in [1.807, 2.05) is 36.4 Å². The van der Waals surface area contributed by atoms with Crippen LogP contribution in [0.15, 0.2) is 66.9 Å². The van der Waals surface area contributed by atoms with E-state index in [0.717, 1.165) is 36.6 Å². The minimum Gasteiger partial charge on any atom is -0.497 e. The van der Waals surface area contributed by atoms with Gasteiger partial charge in [-0.25, -0.2) is 0 Å². The number of hydrogen-bond acceptors (Lipinski definition) is 3. The number of amides is 1. The average molecular weight is 402 g/mol. The molecule has 0 radical (unpaired) electrons. The molecule has 0 N–H and O–H groups in total. The number of carbonyl (C=O) groups excluding carboxylic acids is 1. The first-order valence-electron chi connectivity index (χ1n) is 10.5. The van der Waals surface area contributed by atoms with E-state index in [9.17, 15) is 4.79 Å². The van der Waals surface area contributed by atoms with Gasteiger partial charge in [0.05, 0.1) is 19.2 Å². The van der Waals surface area contributed by atoms with E-state index in [2.05, 4.69) is 51.8 Å². The van der Waals surface area contributed by atoms with Gasteiger partial charge in [0.25, 0.3) is 5.91 Å². The van der Waals surface area contributed by atoms with Crippen LogP contribution in [0.25, 0.3) is 0 Å². The van der Waals surface area contributed by atoms with Gasteiger partial charge < -0.3 is 14.2 Å². The van der Waals surface area contributed by atoms with Crippen molar-refractivity contribution in [3.8, 4) is 5.75 Å². The highest BCUT2D eigenvalue weighted by Crippen LogP contribution is 2.35. The molecule has 0 saturated carbocycles. The zero-order valence-electron chi connectivity index (χ0n) is 17.5. The maximum Gasteiger partial charge on any atom is 0.271 e. The van der Waals surface area contributed by atoms with Crippen LogP contribution in [0.1, 0.15) is 33.2 Å². The van der Waals surface area contributed by atoms with Crippen molar-refractivity contribution in [1.82, 2.24) is 14.4 Å². The second kappa shape index (κ2) is 7.65. The fraction of sp³-hybridized carbons (Fsp3) is 0.320. The van der Waals surface area contributed by atoms with Gasteiger partial charge in [-0.15, -0.1) is 0 Å². The third kappa shape index (κ3) is 3.39. The maximum absolute atomic E-state index is 13.3. The molecule has 0 spiro atoms. The fourth-order valence-electron chi connectivity index (χ4n) is 4.90. The Kier molecular flexibility index (Phi) is 4.83. The lowest BCUT2D eigenvalue weighted by Crippen LogP contribution is -2.49. The van der Waals surface area contributed by atoms with Crippen LogP contribution in [0.4, 0.5) is 0 Å². The Bertz CT molecular complexity index is 1060. The Morgan fingerprint density at radius 2 is 1.73 bits per heavy atom. The summed E-state index contributed by atoms with van der Waals surface area (Å²) in [6, 6.07) is 21.1.